The van der Waals surface area contributed by atoms with Gasteiger partial charge in [0.05, 0.1) is 5.69 Å². The zero-order valence-corrected chi connectivity index (χ0v) is 18.4. The molecule has 0 spiro atoms. The summed E-state index contributed by atoms with van der Waals surface area (Å²) in [5, 5.41) is 13.6. The number of rotatable bonds is 4. The highest BCUT2D eigenvalue weighted by atomic mass is 79.9. The molecule has 6 rings (SSSR count). The molecule has 2 amide bonds. The van der Waals surface area contributed by atoms with E-state index in [-0.39, 0.29) is 24.2 Å². The molecule has 0 N–H and O–H groups in total. The third kappa shape index (κ3) is 2.97. The van der Waals surface area contributed by atoms with Crippen LogP contribution in [0.4, 0.5) is 5.69 Å². The van der Waals surface area contributed by atoms with Gasteiger partial charge in [0.25, 0.3) is 11.8 Å². The van der Waals surface area contributed by atoms with Gasteiger partial charge in [-0.2, -0.15) is 10.1 Å². The van der Waals surface area contributed by atoms with Gasteiger partial charge in [0.15, 0.2) is 12.1 Å². The molecular weight excluding hydrogens is 476 g/mol. The summed E-state index contributed by atoms with van der Waals surface area (Å²) in [6.45, 7) is 0.0825. The quantitative estimate of drug-likeness (QED) is 0.516. The number of amides is 2. The Kier molecular flexibility index (Phi) is 4.42. The van der Waals surface area contributed by atoms with Crippen LogP contribution in [0.2, 0.25) is 0 Å². The fourth-order valence-corrected chi connectivity index (χ4v) is 4.98. The smallest absolute Gasteiger partial charge is 0.263 e. The Balaban J connectivity index is 1.24. The van der Waals surface area contributed by atoms with E-state index in [1.54, 1.807) is 0 Å². The summed E-state index contributed by atoms with van der Waals surface area (Å²) in [5.74, 6) is 0.0115. The highest BCUT2D eigenvalue weighted by molar-refractivity contribution is 9.10. The first-order valence-electron chi connectivity index (χ1n) is 10.3. The number of hydrogen-bond acceptors (Lipinski definition) is 8. The molecule has 9 nitrogen and oxygen atoms in total. The van der Waals surface area contributed by atoms with Crippen LogP contribution in [0.5, 0.6) is 0 Å². The van der Waals surface area contributed by atoms with Crippen LogP contribution in [0.1, 0.15) is 23.4 Å². The first kappa shape index (κ1) is 19.3. The highest BCUT2D eigenvalue weighted by Gasteiger charge is 2.55. The number of hydrogen-bond donors (Lipinski definition) is 0. The van der Waals surface area contributed by atoms with E-state index in [4.69, 9.17) is 4.52 Å². The Hall–Kier alpha value is -3.40. The van der Waals surface area contributed by atoms with Crippen molar-refractivity contribution < 1.29 is 14.1 Å². The molecule has 2 aliphatic heterocycles. The van der Waals surface area contributed by atoms with Gasteiger partial charge in [0.1, 0.15) is 6.54 Å². The summed E-state index contributed by atoms with van der Waals surface area (Å²) in [6.07, 6.45) is 3.10. The predicted octanol–water partition coefficient (Wildman–Crippen LogP) is 3.48. The maximum Gasteiger partial charge on any atom is 0.263 e. The zero-order chi connectivity index (χ0) is 21.8. The molecule has 1 saturated heterocycles. The lowest BCUT2D eigenvalue weighted by molar-refractivity contribution is -0.123. The number of halogens is 1. The highest BCUT2D eigenvalue weighted by Crippen LogP contribution is 2.35. The van der Waals surface area contributed by atoms with Crippen molar-refractivity contribution in [3.05, 3.63) is 64.0 Å². The second kappa shape index (κ2) is 7.33. The van der Waals surface area contributed by atoms with Crippen LogP contribution in [-0.2, 0) is 29.0 Å². The summed E-state index contributed by atoms with van der Waals surface area (Å²) in [4.78, 5) is 31.9. The van der Waals surface area contributed by atoms with Crippen LogP contribution < -0.4 is 4.90 Å². The largest absolute Gasteiger partial charge is 0.337 e. The average molecular weight is 493 g/mol. The summed E-state index contributed by atoms with van der Waals surface area (Å²) in [5.41, 5.74) is 3.87. The van der Waals surface area contributed by atoms with E-state index in [9.17, 15) is 9.59 Å². The topological polar surface area (TPSA) is 104 Å². The lowest BCUT2D eigenvalue weighted by atomic mass is 10.1. The Morgan fingerprint density at radius 1 is 1.06 bits per heavy atom. The number of benzene rings is 2. The van der Waals surface area contributed by atoms with Crippen LogP contribution in [0.25, 0.3) is 11.4 Å². The number of nitrogens with zero attached hydrogens (tertiary/aromatic N) is 6. The third-order valence-electron chi connectivity index (χ3n) is 6.08. The van der Waals surface area contributed by atoms with Crippen LogP contribution >= 0.6 is 15.9 Å². The van der Waals surface area contributed by atoms with Gasteiger partial charge in [0.2, 0.25) is 11.7 Å². The van der Waals surface area contributed by atoms with E-state index >= 15 is 0 Å². The van der Waals surface area contributed by atoms with Gasteiger partial charge in [-0.05, 0) is 54.7 Å². The Labute approximate surface area is 191 Å². The molecule has 0 bridgehead atoms. The van der Waals surface area contributed by atoms with Crippen LogP contribution in [0.15, 0.2) is 61.8 Å². The minimum atomic E-state index is -0.860. The number of anilines is 1. The van der Waals surface area contributed by atoms with E-state index < -0.39 is 12.1 Å². The fourth-order valence-electron chi connectivity index (χ4n) is 4.52. The Morgan fingerprint density at radius 3 is 2.78 bits per heavy atom. The van der Waals surface area contributed by atoms with Gasteiger partial charge in [-0.3, -0.25) is 14.6 Å². The second-order valence-corrected chi connectivity index (χ2v) is 8.86. The molecular formula is C22H17BrN6O3. The van der Waals surface area contributed by atoms with Crippen molar-refractivity contribution in [2.45, 2.75) is 37.9 Å². The third-order valence-corrected chi connectivity index (χ3v) is 6.77. The molecule has 32 heavy (non-hydrogen) atoms. The summed E-state index contributed by atoms with van der Waals surface area (Å²) >= 11 is 3.48. The van der Waals surface area contributed by atoms with Crippen LogP contribution in [-0.4, -0.2) is 39.0 Å². The van der Waals surface area contributed by atoms with Crippen LogP contribution in [0.3, 0.4) is 0 Å². The maximum atomic E-state index is 13.2. The van der Waals surface area contributed by atoms with E-state index in [0.717, 1.165) is 29.3 Å². The Bertz CT molecular complexity index is 1290. The molecule has 3 heterocycles. The van der Waals surface area contributed by atoms with E-state index in [1.807, 2.05) is 42.5 Å². The fraction of sp³-hybridized carbons (Fsp3) is 0.273. The van der Waals surface area contributed by atoms with Crippen LogP contribution in [0, 0.1) is 0 Å². The zero-order valence-electron chi connectivity index (χ0n) is 16.8. The van der Waals surface area contributed by atoms with Gasteiger partial charge >= 0.3 is 0 Å². The minimum Gasteiger partial charge on any atom is -0.337 e. The van der Waals surface area contributed by atoms with Crippen molar-refractivity contribution >= 4 is 33.4 Å². The first-order valence-corrected chi connectivity index (χ1v) is 11.1. The SMILES string of the molecule is O=C1[C@@H]2[C@@H](N=NN2Cc2nc(-c3ccccc3Br)no2)C(=O)N1c1ccc2c(c1)CCC2. The summed E-state index contributed by atoms with van der Waals surface area (Å²) < 4.78 is 6.22. The van der Waals surface area contributed by atoms with Gasteiger partial charge in [-0.1, -0.05) is 44.5 Å². The van der Waals surface area contributed by atoms with Crippen molar-refractivity contribution in [2.75, 3.05) is 4.90 Å². The number of imide groups is 1. The molecule has 0 radical (unpaired) electrons. The van der Waals surface area contributed by atoms with Crippen molar-refractivity contribution in [1.29, 1.82) is 0 Å². The standard InChI is InChI=1S/C22H17BrN6O3/c23-16-7-2-1-6-15(16)20-24-17(32-26-20)11-28-19-18(25-27-28)21(30)29(22(19)31)14-9-8-12-4-3-5-13(12)10-14/h1-2,6-10,18-19H,3-5,11H2/t18-,19+/m1/s1. The monoisotopic (exact) mass is 492 g/mol. The van der Waals surface area contributed by atoms with E-state index in [1.165, 1.54) is 21.0 Å². The second-order valence-electron chi connectivity index (χ2n) is 8.00. The van der Waals surface area contributed by atoms with Crippen molar-refractivity contribution in [3.8, 4) is 11.4 Å². The van der Waals surface area contributed by atoms with Gasteiger partial charge < -0.3 is 4.52 Å². The van der Waals surface area contributed by atoms with Gasteiger partial charge in [-0.25, -0.2) is 4.90 Å². The molecule has 2 aromatic carbocycles. The van der Waals surface area contributed by atoms with E-state index in [0.29, 0.717) is 11.5 Å². The average Bonchev–Trinajstić information content (AvgIpc) is 3.56. The lowest BCUT2D eigenvalue weighted by Crippen LogP contribution is -2.39. The van der Waals surface area contributed by atoms with Crippen molar-refractivity contribution in [1.82, 2.24) is 15.1 Å². The molecule has 1 aromatic heterocycles. The maximum absolute atomic E-state index is 13.2. The lowest BCUT2D eigenvalue weighted by Gasteiger charge is -2.19. The molecule has 2 atom stereocenters. The molecule has 10 heteroatoms. The summed E-state index contributed by atoms with van der Waals surface area (Å²) in [7, 11) is 0. The number of carbonyl (C=O) groups is 2. The Morgan fingerprint density at radius 2 is 1.91 bits per heavy atom. The number of carbonyl (C=O) groups excluding carboxylic acids is 2. The molecule has 0 unspecified atom stereocenters. The molecule has 160 valence electrons. The van der Waals surface area contributed by atoms with Gasteiger partial charge in [0, 0.05) is 10.0 Å². The first-order chi connectivity index (χ1) is 15.6. The van der Waals surface area contributed by atoms with Gasteiger partial charge in [-0.15, -0.1) is 0 Å². The summed E-state index contributed by atoms with van der Waals surface area (Å²) in [6, 6.07) is 11.7. The van der Waals surface area contributed by atoms with Crippen molar-refractivity contribution in [2.24, 2.45) is 10.3 Å². The normalized spacial score (nSPS) is 21.5. The number of aryl methyl sites for hydroxylation is 2. The molecule has 1 aliphatic carbocycles. The number of fused-ring (bicyclic) bond motifs is 2. The molecule has 3 aromatic rings. The molecule has 1 fully saturated rings. The van der Waals surface area contributed by atoms with E-state index in [2.05, 4.69) is 36.4 Å². The van der Waals surface area contributed by atoms with Crippen molar-refractivity contribution in [3.63, 3.8) is 0 Å². The minimum absolute atomic E-state index is 0.0825. The molecule has 3 aliphatic rings. The molecule has 0 saturated carbocycles. The predicted molar refractivity (Wildman–Crippen MR) is 116 cm³/mol. The number of aromatic nitrogens is 2.